The first-order valence-corrected chi connectivity index (χ1v) is 9.97. The second-order valence-corrected chi connectivity index (χ2v) is 7.49. The van der Waals surface area contributed by atoms with Gasteiger partial charge in [0.25, 0.3) is 0 Å². The first-order valence-electron chi connectivity index (χ1n) is 9.97. The SMILES string of the molecule is COCCCOc1cc(COCC(N=[N+]=[N-])C2CC(C(C)C)C(=O)O2)ccc1C#N. The molecule has 1 aliphatic heterocycles. The molecule has 3 atom stereocenters. The molecule has 0 saturated carbocycles. The number of cyclic esters (lactones) is 1. The highest BCUT2D eigenvalue weighted by molar-refractivity contribution is 5.75. The molecule has 0 aliphatic carbocycles. The van der Waals surface area contributed by atoms with Crippen molar-refractivity contribution in [2.75, 3.05) is 26.9 Å². The lowest BCUT2D eigenvalue weighted by molar-refractivity contribution is -0.146. The van der Waals surface area contributed by atoms with Crippen LogP contribution in [-0.4, -0.2) is 45.0 Å². The zero-order chi connectivity index (χ0) is 21.9. The Morgan fingerprint density at radius 3 is 2.83 bits per heavy atom. The van der Waals surface area contributed by atoms with E-state index in [-0.39, 0.29) is 31.0 Å². The van der Waals surface area contributed by atoms with E-state index in [2.05, 4.69) is 16.1 Å². The van der Waals surface area contributed by atoms with Crippen LogP contribution in [-0.2, 0) is 25.6 Å². The fourth-order valence-corrected chi connectivity index (χ4v) is 3.24. The van der Waals surface area contributed by atoms with Crippen molar-refractivity contribution in [3.63, 3.8) is 0 Å². The molecule has 9 heteroatoms. The van der Waals surface area contributed by atoms with Crippen LogP contribution in [0.15, 0.2) is 23.3 Å². The minimum atomic E-state index is -0.592. The van der Waals surface area contributed by atoms with Crippen molar-refractivity contribution in [2.24, 2.45) is 17.0 Å². The maximum absolute atomic E-state index is 12.0. The van der Waals surface area contributed by atoms with Crippen LogP contribution in [0.25, 0.3) is 10.4 Å². The Balaban J connectivity index is 1.94. The van der Waals surface area contributed by atoms with Gasteiger partial charge in [0.05, 0.1) is 37.3 Å². The van der Waals surface area contributed by atoms with E-state index in [1.807, 2.05) is 13.8 Å². The molecule has 1 aromatic rings. The highest BCUT2D eigenvalue weighted by atomic mass is 16.6. The number of azide groups is 1. The van der Waals surface area contributed by atoms with Crippen LogP contribution in [0, 0.1) is 23.2 Å². The largest absolute Gasteiger partial charge is 0.492 e. The van der Waals surface area contributed by atoms with Crippen molar-refractivity contribution < 1.29 is 23.7 Å². The quantitative estimate of drug-likeness (QED) is 0.168. The predicted molar refractivity (Wildman–Crippen MR) is 109 cm³/mol. The standard InChI is InChI=1S/C21H28N4O5/c1-14(2)17-10-20(30-21(17)26)18(24-25-23)13-28-12-15-5-6-16(11-22)19(9-15)29-8-4-7-27-3/h5-6,9,14,17-18,20H,4,7-8,10,12-13H2,1-3H3. The van der Waals surface area contributed by atoms with Gasteiger partial charge in [0.2, 0.25) is 0 Å². The Bertz CT molecular complexity index is 801. The number of methoxy groups -OCH3 is 1. The number of carbonyl (C=O) groups is 1. The van der Waals surface area contributed by atoms with E-state index in [0.29, 0.717) is 37.4 Å². The fourth-order valence-electron chi connectivity index (χ4n) is 3.24. The summed E-state index contributed by atoms with van der Waals surface area (Å²) in [5.41, 5.74) is 10.1. The van der Waals surface area contributed by atoms with Gasteiger partial charge in [-0.1, -0.05) is 25.0 Å². The average molecular weight is 416 g/mol. The smallest absolute Gasteiger partial charge is 0.309 e. The van der Waals surface area contributed by atoms with Gasteiger partial charge in [-0.25, -0.2) is 0 Å². The van der Waals surface area contributed by atoms with Gasteiger partial charge < -0.3 is 18.9 Å². The number of benzene rings is 1. The molecule has 3 unspecified atom stereocenters. The molecular weight excluding hydrogens is 388 g/mol. The fraction of sp³-hybridized carbons (Fsp3) is 0.619. The number of rotatable bonds is 12. The van der Waals surface area contributed by atoms with Crippen LogP contribution in [0.5, 0.6) is 5.75 Å². The summed E-state index contributed by atoms with van der Waals surface area (Å²) in [7, 11) is 1.62. The van der Waals surface area contributed by atoms with Crippen molar-refractivity contribution in [2.45, 2.75) is 45.4 Å². The Morgan fingerprint density at radius 2 is 2.20 bits per heavy atom. The molecule has 1 aliphatic rings. The zero-order valence-electron chi connectivity index (χ0n) is 17.6. The van der Waals surface area contributed by atoms with E-state index >= 15 is 0 Å². The van der Waals surface area contributed by atoms with E-state index in [4.69, 9.17) is 24.5 Å². The molecule has 1 fully saturated rings. The van der Waals surface area contributed by atoms with E-state index in [0.717, 1.165) is 5.56 Å². The molecule has 162 valence electrons. The van der Waals surface area contributed by atoms with Gasteiger partial charge in [0.15, 0.2) is 0 Å². The highest BCUT2D eigenvalue weighted by Crippen LogP contribution is 2.30. The lowest BCUT2D eigenvalue weighted by Crippen LogP contribution is -2.28. The molecule has 1 heterocycles. The Kier molecular flexibility index (Phi) is 9.42. The highest BCUT2D eigenvalue weighted by Gasteiger charge is 2.40. The summed E-state index contributed by atoms with van der Waals surface area (Å²) in [6.07, 6.45) is 0.745. The second kappa shape index (κ2) is 12.0. The van der Waals surface area contributed by atoms with E-state index in [9.17, 15) is 10.1 Å². The van der Waals surface area contributed by atoms with Crippen molar-refractivity contribution in [1.29, 1.82) is 5.26 Å². The lowest BCUT2D eigenvalue weighted by atomic mass is 9.91. The maximum Gasteiger partial charge on any atom is 0.309 e. The average Bonchev–Trinajstić information content (AvgIpc) is 3.12. The minimum absolute atomic E-state index is 0.122. The van der Waals surface area contributed by atoms with E-state index in [1.54, 1.807) is 25.3 Å². The molecular formula is C21H28N4O5. The van der Waals surface area contributed by atoms with Gasteiger partial charge in [-0.15, -0.1) is 0 Å². The summed E-state index contributed by atoms with van der Waals surface area (Å²) in [6, 6.07) is 6.75. The van der Waals surface area contributed by atoms with Crippen LogP contribution in [0.4, 0.5) is 0 Å². The van der Waals surface area contributed by atoms with Crippen molar-refractivity contribution in [1.82, 2.24) is 0 Å². The van der Waals surface area contributed by atoms with Crippen LogP contribution in [0.3, 0.4) is 0 Å². The van der Waals surface area contributed by atoms with Crippen molar-refractivity contribution in [3.8, 4) is 11.8 Å². The molecule has 0 bridgehead atoms. The van der Waals surface area contributed by atoms with E-state index < -0.39 is 12.1 Å². The summed E-state index contributed by atoms with van der Waals surface area (Å²) in [4.78, 5) is 14.9. The number of carbonyl (C=O) groups excluding carboxylic acids is 1. The first kappa shape index (κ1) is 23.5. The van der Waals surface area contributed by atoms with Gasteiger partial charge >= 0.3 is 5.97 Å². The number of ether oxygens (including phenoxy) is 4. The molecule has 0 amide bonds. The second-order valence-electron chi connectivity index (χ2n) is 7.49. The van der Waals surface area contributed by atoms with Crippen molar-refractivity contribution in [3.05, 3.63) is 39.8 Å². The molecule has 0 spiro atoms. The van der Waals surface area contributed by atoms with Gasteiger partial charge in [0, 0.05) is 25.0 Å². The third-order valence-electron chi connectivity index (χ3n) is 4.96. The predicted octanol–water partition coefficient (Wildman–Crippen LogP) is 3.76. The number of esters is 1. The molecule has 1 saturated heterocycles. The van der Waals surface area contributed by atoms with Crippen LogP contribution in [0.1, 0.15) is 37.8 Å². The van der Waals surface area contributed by atoms with Gasteiger partial charge in [-0.05, 0) is 35.6 Å². The van der Waals surface area contributed by atoms with Crippen LogP contribution in [0.2, 0.25) is 0 Å². The number of nitrogens with zero attached hydrogens (tertiary/aromatic N) is 4. The molecule has 1 aromatic carbocycles. The molecule has 0 aromatic heterocycles. The summed E-state index contributed by atoms with van der Waals surface area (Å²) >= 11 is 0. The third-order valence-corrected chi connectivity index (χ3v) is 4.96. The van der Waals surface area contributed by atoms with Crippen LogP contribution < -0.4 is 4.74 Å². The monoisotopic (exact) mass is 416 g/mol. The maximum atomic E-state index is 12.0. The molecule has 9 nitrogen and oxygen atoms in total. The molecule has 0 radical (unpaired) electrons. The molecule has 0 N–H and O–H groups in total. The lowest BCUT2D eigenvalue weighted by Gasteiger charge is -2.18. The Hall–Kier alpha value is -2.79. The topological polar surface area (TPSA) is 127 Å². The molecule has 30 heavy (non-hydrogen) atoms. The van der Waals surface area contributed by atoms with Gasteiger partial charge in [0.1, 0.15) is 17.9 Å². The number of nitriles is 1. The summed E-state index contributed by atoms with van der Waals surface area (Å²) in [5.74, 6) is 0.208. The van der Waals surface area contributed by atoms with Gasteiger partial charge in [-0.2, -0.15) is 5.26 Å². The van der Waals surface area contributed by atoms with E-state index in [1.165, 1.54) is 0 Å². The number of hydrogen-bond acceptors (Lipinski definition) is 7. The minimum Gasteiger partial charge on any atom is -0.492 e. The number of hydrogen-bond donors (Lipinski definition) is 0. The summed E-state index contributed by atoms with van der Waals surface area (Å²) in [5, 5.41) is 13.0. The Labute approximate surface area is 176 Å². The summed E-state index contributed by atoms with van der Waals surface area (Å²) in [6.45, 7) is 5.31. The third kappa shape index (κ3) is 6.63. The van der Waals surface area contributed by atoms with Crippen molar-refractivity contribution >= 4 is 5.97 Å². The normalized spacial score (nSPS) is 19.1. The van der Waals surface area contributed by atoms with Crippen LogP contribution >= 0.6 is 0 Å². The Morgan fingerprint density at radius 1 is 1.40 bits per heavy atom. The zero-order valence-corrected chi connectivity index (χ0v) is 17.6. The van der Waals surface area contributed by atoms with Gasteiger partial charge in [-0.3, -0.25) is 4.79 Å². The molecule has 2 rings (SSSR count). The first-order chi connectivity index (χ1) is 14.5. The summed E-state index contributed by atoms with van der Waals surface area (Å²) < 4.78 is 21.8.